The molecule has 0 amide bonds. The first-order valence-corrected chi connectivity index (χ1v) is 11.8. The topological polar surface area (TPSA) is 48.0 Å². The molecule has 0 bridgehead atoms. The number of carbonyl (C=O) groups is 1. The summed E-state index contributed by atoms with van der Waals surface area (Å²) in [5.41, 5.74) is 1.02. The molecule has 1 saturated heterocycles. The van der Waals surface area contributed by atoms with Gasteiger partial charge in [0.2, 0.25) is 0 Å². The molecule has 1 atom stereocenters. The maximum absolute atomic E-state index is 12.0. The van der Waals surface area contributed by atoms with Crippen LogP contribution in [0.4, 0.5) is 0 Å². The third-order valence-corrected chi connectivity index (χ3v) is 6.76. The van der Waals surface area contributed by atoms with Crippen LogP contribution in [0.1, 0.15) is 64.9 Å². The molecule has 5 nitrogen and oxygen atoms in total. The van der Waals surface area contributed by atoms with Crippen LogP contribution in [0.25, 0.3) is 0 Å². The summed E-state index contributed by atoms with van der Waals surface area (Å²) in [6.45, 7) is 10.0. The maximum Gasteiger partial charge on any atom is 0.307 e. The van der Waals surface area contributed by atoms with Crippen LogP contribution in [-0.4, -0.2) is 49.3 Å². The second-order valence-electron chi connectivity index (χ2n) is 10.4. The van der Waals surface area contributed by atoms with E-state index in [1.807, 2.05) is 20.8 Å². The molecule has 1 unspecified atom stereocenters. The largest absolute Gasteiger partial charge is 0.493 e. The summed E-state index contributed by atoms with van der Waals surface area (Å²) < 4.78 is 17.7. The lowest BCUT2D eigenvalue weighted by Crippen LogP contribution is -2.44. The Kier molecular flexibility index (Phi) is 6.61. The summed E-state index contributed by atoms with van der Waals surface area (Å²) in [7, 11) is 0. The van der Waals surface area contributed by atoms with Crippen LogP contribution < -0.4 is 9.47 Å². The van der Waals surface area contributed by atoms with E-state index in [0.717, 1.165) is 63.6 Å². The quantitative estimate of drug-likeness (QED) is 0.478. The highest BCUT2D eigenvalue weighted by Gasteiger charge is 2.43. The molecule has 1 aromatic carbocycles. The number of nitrogens with zero attached hydrogens (tertiary/aromatic N) is 1. The fourth-order valence-corrected chi connectivity index (χ4v) is 4.93. The number of carbonyl (C=O) groups excluding carboxylic acids is 1. The Labute approximate surface area is 186 Å². The van der Waals surface area contributed by atoms with Gasteiger partial charge in [-0.25, -0.2) is 0 Å². The number of fused-ring (bicyclic) bond motifs is 2. The number of likely N-dealkylation sites (tertiary alicyclic amines) is 1. The average molecular weight is 428 g/mol. The Morgan fingerprint density at radius 1 is 1.23 bits per heavy atom. The Balaban J connectivity index is 1.28. The molecule has 1 spiro atoms. The van der Waals surface area contributed by atoms with Gasteiger partial charge in [0.25, 0.3) is 0 Å². The van der Waals surface area contributed by atoms with E-state index in [1.165, 1.54) is 18.4 Å². The van der Waals surface area contributed by atoms with Crippen molar-refractivity contribution in [2.75, 3.05) is 32.8 Å². The molecular weight excluding hydrogens is 390 g/mol. The monoisotopic (exact) mass is 427 g/mol. The van der Waals surface area contributed by atoms with E-state index in [1.54, 1.807) is 0 Å². The lowest BCUT2D eigenvalue weighted by Gasteiger charge is -2.38. The number of piperidine rings is 1. The second kappa shape index (κ2) is 9.23. The van der Waals surface area contributed by atoms with Gasteiger partial charge in [-0.15, -0.1) is 0 Å². The van der Waals surface area contributed by atoms with Crippen molar-refractivity contribution >= 4 is 5.97 Å². The van der Waals surface area contributed by atoms with Crippen LogP contribution >= 0.6 is 0 Å². The van der Waals surface area contributed by atoms with Gasteiger partial charge in [-0.2, -0.15) is 0 Å². The van der Waals surface area contributed by atoms with E-state index in [9.17, 15) is 4.79 Å². The highest BCUT2D eigenvalue weighted by Crippen LogP contribution is 2.46. The molecule has 1 aliphatic carbocycles. The molecule has 0 N–H and O–H groups in total. The predicted molar refractivity (Wildman–Crippen MR) is 122 cm³/mol. The van der Waals surface area contributed by atoms with E-state index < -0.39 is 5.60 Å². The molecule has 3 aliphatic rings. The molecule has 170 valence electrons. The second-order valence-corrected chi connectivity index (χ2v) is 10.4. The zero-order chi connectivity index (χ0) is 21.9. The van der Waals surface area contributed by atoms with Gasteiger partial charge in [0.15, 0.2) is 0 Å². The van der Waals surface area contributed by atoms with Crippen LogP contribution in [0, 0.1) is 5.92 Å². The van der Waals surface area contributed by atoms with Crippen molar-refractivity contribution in [1.29, 1.82) is 0 Å². The standard InChI is InChI=1S/C26H37NO4/c1-25(2,3)31-24(28)11-14-27-15-12-26(13-16-27)19-30-23-17-21(9-10-22(23)26)29-18-20-7-5-4-6-8-20/h4-5,9-10,17,20H,6-8,11-16,18-19H2,1-3H3. The predicted octanol–water partition coefficient (Wildman–Crippen LogP) is 4.88. The molecule has 1 fully saturated rings. The lowest BCUT2D eigenvalue weighted by atomic mass is 9.74. The number of esters is 1. The first-order chi connectivity index (χ1) is 14.8. The van der Waals surface area contributed by atoms with Crippen LogP contribution in [0.15, 0.2) is 30.4 Å². The van der Waals surface area contributed by atoms with Crippen molar-refractivity contribution in [3.8, 4) is 11.5 Å². The van der Waals surface area contributed by atoms with Crippen molar-refractivity contribution in [1.82, 2.24) is 4.90 Å². The van der Waals surface area contributed by atoms with Crippen molar-refractivity contribution < 1.29 is 19.0 Å². The Morgan fingerprint density at radius 2 is 2.03 bits per heavy atom. The number of ether oxygens (including phenoxy) is 3. The van der Waals surface area contributed by atoms with Crippen LogP contribution in [0.5, 0.6) is 11.5 Å². The number of rotatable bonds is 6. The minimum Gasteiger partial charge on any atom is -0.493 e. The minimum absolute atomic E-state index is 0.102. The van der Waals surface area contributed by atoms with E-state index in [0.29, 0.717) is 12.3 Å². The zero-order valence-electron chi connectivity index (χ0n) is 19.3. The van der Waals surface area contributed by atoms with E-state index in [4.69, 9.17) is 14.2 Å². The molecule has 0 saturated carbocycles. The minimum atomic E-state index is -0.413. The Hall–Kier alpha value is -2.01. The number of hydrogen-bond donors (Lipinski definition) is 0. The lowest BCUT2D eigenvalue weighted by molar-refractivity contribution is -0.155. The molecule has 0 aromatic heterocycles. The summed E-state index contributed by atoms with van der Waals surface area (Å²) in [6, 6.07) is 6.41. The van der Waals surface area contributed by atoms with Gasteiger partial charge in [0.05, 0.1) is 19.6 Å². The van der Waals surface area contributed by atoms with Crippen LogP contribution in [-0.2, 0) is 14.9 Å². The fraction of sp³-hybridized carbons (Fsp3) is 0.654. The summed E-state index contributed by atoms with van der Waals surface area (Å²) in [5, 5.41) is 0. The Bertz CT molecular complexity index is 802. The number of benzene rings is 1. The van der Waals surface area contributed by atoms with E-state index in [-0.39, 0.29) is 11.4 Å². The first-order valence-electron chi connectivity index (χ1n) is 11.8. The Morgan fingerprint density at radius 3 is 2.74 bits per heavy atom. The van der Waals surface area contributed by atoms with Crippen LogP contribution in [0.2, 0.25) is 0 Å². The molecule has 2 aliphatic heterocycles. The maximum atomic E-state index is 12.0. The molecule has 4 rings (SSSR count). The van der Waals surface area contributed by atoms with Gasteiger partial charge >= 0.3 is 5.97 Å². The average Bonchev–Trinajstić information content (AvgIpc) is 3.09. The number of hydrogen-bond acceptors (Lipinski definition) is 5. The SMILES string of the molecule is CC(C)(C)OC(=O)CCN1CCC2(CC1)COc1cc(OCC3CC=CCC3)ccc12. The van der Waals surface area contributed by atoms with E-state index in [2.05, 4.69) is 35.3 Å². The van der Waals surface area contributed by atoms with Gasteiger partial charge in [-0.05, 0) is 77.9 Å². The van der Waals surface area contributed by atoms with Gasteiger partial charge in [-0.3, -0.25) is 4.79 Å². The molecule has 31 heavy (non-hydrogen) atoms. The van der Waals surface area contributed by atoms with Crippen molar-refractivity contribution in [3.05, 3.63) is 35.9 Å². The fourth-order valence-electron chi connectivity index (χ4n) is 4.93. The third kappa shape index (κ3) is 5.62. The third-order valence-electron chi connectivity index (χ3n) is 6.76. The summed E-state index contributed by atoms with van der Waals surface area (Å²) >= 11 is 0. The van der Waals surface area contributed by atoms with Crippen molar-refractivity contribution in [2.24, 2.45) is 5.92 Å². The summed E-state index contributed by atoms with van der Waals surface area (Å²) in [4.78, 5) is 14.4. The molecule has 2 heterocycles. The zero-order valence-corrected chi connectivity index (χ0v) is 19.3. The summed E-state index contributed by atoms with van der Waals surface area (Å²) in [5.74, 6) is 2.41. The molecule has 5 heteroatoms. The molecule has 1 aromatic rings. The number of allylic oxidation sites excluding steroid dienone is 2. The van der Waals surface area contributed by atoms with Gasteiger partial charge < -0.3 is 19.1 Å². The smallest absolute Gasteiger partial charge is 0.307 e. The molecule has 0 radical (unpaired) electrons. The highest BCUT2D eigenvalue weighted by molar-refractivity contribution is 5.70. The van der Waals surface area contributed by atoms with Gasteiger partial charge in [0, 0.05) is 23.6 Å². The van der Waals surface area contributed by atoms with Crippen molar-refractivity contribution in [3.63, 3.8) is 0 Å². The van der Waals surface area contributed by atoms with Gasteiger partial charge in [-0.1, -0.05) is 18.2 Å². The molecular formula is C26H37NO4. The van der Waals surface area contributed by atoms with Gasteiger partial charge in [0.1, 0.15) is 17.1 Å². The van der Waals surface area contributed by atoms with E-state index >= 15 is 0 Å². The highest BCUT2D eigenvalue weighted by atomic mass is 16.6. The normalized spacial score (nSPS) is 22.7. The first kappa shape index (κ1) is 22.2. The van der Waals surface area contributed by atoms with Crippen LogP contribution in [0.3, 0.4) is 0 Å². The van der Waals surface area contributed by atoms with Crippen molar-refractivity contribution in [2.45, 2.75) is 70.3 Å². The summed E-state index contributed by atoms with van der Waals surface area (Å²) in [6.07, 6.45) is 10.6.